The van der Waals surface area contributed by atoms with E-state index in [1.54, 1.807) is 30.3 Å². The van der Waals surface area contributed by atoms with Gasteiger partial charge in [0.15, 0.2) is 5.82 Å². The van der Waals surface area contributed by atoms with Crippen LogP contribution in [0.4, 0.5) is 27.7 Å². The molecule has 4 aromatic rings. The van der Waals surface area contributed by atoms with Crippen LogP contribution in [0, 0.1) is 6.92 Å². The van der Waals surface area contributed by atoms with Gasteiger partial charge in [-0.3, -0.25) is 4.79 Å². The van der Waals surface area contributed by atoms with Gasteiger partial charge in [-0.15, -0.1) is 0 Å². The first-order valence-corrected chi connectivity index (χ1v) is 10.2. The average molecular weight is 463 g/mol. The first kappa shape index (κ1) is 21.8. The van der Waals surface area contributed by atoms with Gasteiger partial charge < -0.3 is 26.2 Å². The van der Waals surface area contributed by atoms with Gasteiger partial charge in [-0.2, -0.15) is 0 Å². The van der Waals surface area contributed by atoms with Gasteiger partial charge in [0.2, 0.25) is 5.91 Å². The Kier molecular flexibility index (Phi) is 5.97. The number of benzene rings is 2. The number of aryl methyl sites for hydroxylation is 1. The van der Waals surface area contributed by atoms with Crippen molar-refractivity contribution in [2.24, 2.45) is 0 Å². The molecule has 0 aliphatic rings. The molecule has 0 fully saturated rings. The highest BCUT2D eigenvalue weighted by atomic mass is 35.5. The van der Waals surface area contributed by atoms with Crippen molar-refractivity contribution < 1.29 is 14.1 Å². The van der Waals surface area contributed by atoms with Crippen LogP contribution in [-0.4, -0.2) is 22.1 Å². The van der Waals surface area contributed by atoms with Gasteiger partial charge in [0.25, 0.3) is 5.71 Å². The normalized spacial score (nSPS) is 10.6. The number of halogens is 1. The number of hydrogen-bond donors (Lipinski definition) is 4. The van der Waals surface area contributed by atoms with E-state index in [1.165, 1.54) is 0 Å². The van der Waals surface area contributed by atoms with E-state index in [1.807, 2.05) is 25.1 Å². The molecule has 0 bridgehead atoms. The minimum absolute atomic E-state index is 0.265. The molecule has 2 heterocycles. The molecule has 5 N–H and O–H groups in total. The highest BCUT2D eigenvalue weighted by Crippen LogP contribution is 2.33. The third-order valence-corrected chi connectivity index (χ3v) is 5.05. The minimum Gasteiger partial charge on any atom is -0.380 e. The number of nitrogens with two attached hydrogens (primary N) is 1. The third kappa shape index (κ3) is 4.78. The fraction of sp³-hybridized carbons (Fsp3) is 0.0435. The summed E-state index contributed by atoms with van der Waals surface area (Å²) in [5, 5.41) is 12.8. The highest BCUT2D eigenvalue weighted by Gasteiger charge is 2.14. The molecule has 9 nitrogen and oxygen atoms in total. The zero-order valence-corrected chi connectivity index (χ0v) is 18.2. The van der Waals surface area contributed by atoms with Crippen molar-refractivity contribution in [1.82, 2.24) is 10.1 Å². The molecule has 2 aromatic heterocycles. The summed E-state index contributed by atoms with van der Waals surface area (Å²) in [5.74, 6) is -0.145. The molecule has 0 radical (unpaired) electrons. The highest BCUT2D eigenvalue weighted by molar-refractivity contribution is 6.34. The van der Waals surface area contributed by atoms with Crippen molar-refractivity contribution in [3.05, 3.63) is 71.9 Å². The van der Waals surface area contributed by atoms with E-state index in [4.69, 9.17) is 21.9 Å². The van der Waals surface area contributed by atoms with Crippen LogP contribution in [0.25, 0.3) is 22.2 Å². The van der Waals surface area contributed by atoms with E-state index >= 15 is 0 Å². The number of aromatic nitrogens is 2. The number of amides is 3. The van der Waals surface area contributed by atoms with Crippen molar-refractivity contribution >= 4 is 57.5 Å². The largest absolute Gasteiger partial charge is 0.380 e. The Morgan fingerprint density at radius 2 is 1.76 bits per heavy atom. The van der Waals surface area contributed by atoms with E-state index in [0.717, 1.165) is 22.9 Å². The number of carbonyl (C=O) groups excluding carboxylic acids is 2. The Hall–Kier alpha value is -4.37. The first-order valence-electron chi connectivity index (χ1n) is 9.78. The van der Waals surface area contributed by atoms with Crippen molar-refractivity contribution in [2.75, 3.05) is 21.7 Å². The van der Waals surface area contributed by atoms with E-state index in [9.17, 15) is 9.59 Å². The smallest absolute Gasteiger partial charge is 0.323 e. The zero-order valence-electron chi connectivity index (χ0n) is 17.5. The molecular weight excluding hydrogens is 444 g/mol. The number of hydrogen-bond acceptors (Lipinski definition) is 6. The fourth-order valence-corrected chi connectivity index (χ4v) is 3.40. The summed E-state index contributed by atoms with van der Waals surface area (Å²) in [6.45, 7) is 5.25. The molecule has 33 heavy (non-hydrogen) atoms. The second-order valence-corrected chi connectivity index (χ2v) is 7.51. The van der Waals surface area contributed by atoms with Gasteiger partial charge in [0, 0.05) is 22.6 Å². The summed E-state index contributed by atoms with van der Waals surface area (Å²) in [4.78, 5) is 28.3. The molecular formula is C23H19ClN6O3. The lowest BCUT2D eigenvalue weighted by atomic mass is 10.0. The van der Waals surface area contributed by atoms with Crippen LogP contribution < -0.4 is 21.7 Å². The Morgan fingerprint density at radius 3 is 2.48 bits per heavy atom. The van der Waals surface area contributed by atoms with E-state index < -0.39 is 11.9 Å². The van der Waals surface area contributed by atoms with Gasteiger partial charge >= 0.3 is 6.03 Å². The van der Waals surface area contributed by atoms with Crippen molar-refractivity contribution in [3.8, 4) is 11.1 Å². The standard InChI is InChI=1S/C23H19ClN6O3/c1-3-19(31)29-18-11-15(8-9-17(18)24)28-23(32)27-14-6-4-13(5-7-14)16-10-12(2)26-22-20(16)21(25)30-33-22/h3-11H,1H2,2H3,(H2,25,30)(H,29,31)(H2,27,28,32). The molecule has 0 atom stereocenters. The molecule has 4 rings (SSSR count). The molecule has 0 saturated carbocycles. The fourth-order valence-electron chi connectivity index (χ4n) is 3.23. The van der Waals surface area contributed by atoms with Crippen LogP contribution in [0.5, 0.6) is 0 Å². The van der Waals surface area contributed by atoms with Crippen LogP contribution >= 0.6 is 11.6 Å². The minimum atomic E-state index is -0.462. The Morgan fingerprint density at radius 1 is 1.06 bits per heavy atom. The van der Waals surface area contributed by atoms with Gasteiger partial charge in [-0.05, 0) is 55.0 Å². The van der Waals surface area contributed by atoms with Crippen LogP contribution in [0.2, 0.25) is 5.02 Å². The molecule has 10 heteroatoms. The average Bonchev–Trinajstić information content (AvgIpc) is 3.16. The molecule has 2 aromatic carbocycles. The Labute approximate surface area is 193 Å². The zero-order chi connectivity index (χ0) is 23.5. The first-order chi connectivity index (χ1) is 15.8. The number of urea groups is 1. The van der Waals surface area contributed by atoms with Crippen LogP contribution in [-0.2, 0) is 4.79 Å². The van der Waals surface area contributed by atoms with Gasteiger partial charge in [-0.25, -0.2) is 9.78 Å². The van der Waals surface area contributed by atoms with Crippen LogP contribution in [0.3, 0.4) is 0 Å². The number of fused-ring (bicyclic) bond motifs is 1. The molecule has 0 aliphatic heterocycles. The lowest BCUT2D eigenvalue weighted by molar-refractivity contribution is -0.111. The van der Waals surface area contributed by atoms with E-state index in [2.05, 4.69) is 32.7 Å². The summed E-state index contributed by atoms with van der Waals surface area (Å²) in [5.41, 5.74) is 10.2. The van der Waals surface area contributed by atoms with Gasteiger partial charge in [-0.1, -0.05) is 35.5 Å². The summed E-state index contributed by atoms with van der Waals surface area (Å²) in [7, 11) is 0. The summed E-state index contributed by atoms with van der Waals surface area (Å²) in [6, 6.07) is 13.4. The van der Waals surface area contributed by atoms with E-state index in [0.29, 0.717) is 33.2 Å². The number of carbonyl (C=O) groups is 2. The second kappa shape index (κ2) is 9.01. The quantitative estimate of drug-likeness (QED) is 0.301. The number of anilines is 4. The molecule has 0 aliphatic carbocycles. The van der Waals surface area contributed by atoms with Gasteiger partial charge in [0.05, 0.1) is 16.1 Å². The maximum atomic E-state index is 12.4. The topological polar surface area (TPSA) is 135 Å². The third-order valence-electron chi connectivity index (χ3n) is 4.72. The monoisotopic (exact) mass is 462 g/mol. The number of rotatable bonds is 5. The van der Waals surface area contributed by atoms with Crippen LogP contribution in [0.15, 0.2) is 65.7 Å². The molecule has 0 spiro atoms. The van der Waals surface area contributed by atoms with Crippen LogP contribution in [0.1, 0.15) is 5.69 Å². The maximum absolute atomic E-state index is 12.4. The number of nitrogen functional groups attached to an aromatic ring is 1. The predicted octanol–water partition coefficient (Wildman–Crippen LogP) is 5.20. The lowest BCUT2D eigenvalue weighted by Gasteiger charge is -2.11. The summed E-state index contributed by atoms with van der Waals surface area (Å²) < 4.78 is 5.18. The number of nitrogens with zero attached hydrogens (tertiary/aromatic N) is 2. The number of nitrogens with one attached hydrogen (secondary N) is 3. The lowest BCUT2D eigenvalue weighted by Crippen LogP contribution is -2.19. The van der Waals surface area contributed by atoms with E-state index in [-0.39, 0.29) is 5.82 Å². The summed E-state index contributed by atoms with van der Waals surface area (Å²) >= 11 is 6.08. The SMILES string of the molecule is C=CC(=O)Nc1cc(NC(=O)Nc2ccc(-c3cc(C)nc4onc(N)c34)cc2)ccc1Cl. The van der Waals surface area contributed by atoms with Gasteiger partial charge in [0.1, 0.15) is 0 Å². The summed E-state index contributed by atoms with van der Waals surface area (Å²) in [6.07, 6.45) is 1.13. The molecule has 3 amide bonds. The molecule has 166 valence electrons. The van der Waals surface area contributed by atoms with Crippen molar-refractivity contribution in [1.29, 1.82) is 0 Å². The predicted molar refractivity (Wildman–Crippen MR) is 129 cm³/mol. The molecule has 0 saturated heterocycles. The number of pyridine rings is 1. The second-order valence-electron chi connectivity index (χ2n) is 7.10. The van der Waals surface area contributed by atoms with Crippen molar-refractivity contribution in [3.63, 3.8) is 0 Å². The maximum Gasteiger partial charge on any atom is 0.323 e. The Balaban J connectivity index is 1.49. The molecule has 0 unspecified atom stereocenters. The Bertz CT molecular complexity index is 1380. The van der Waals surface area contributed by atoms with Crippen molar-refractivity contribution in [2.45, 2.75) is 6.92 Å².